The Labute approximate surface area is 201 Å². The third kappa shape index (κ3) is 6.51. The number of carbonyl (C=O) groups excluding carboxylic acids is 2. The molecule has 0 unspecified atom stereocenters. The number of nitrogens with one attached hydrogen (secondary N) is 2. The molecule has 2 amide bonds. The van der Waals surface area contributed by atoms with E-state index in [0.717, 1.165) is 5.56 Å². The van der Waals surface area contributed by atoms with Crippen LogP contribution in [0.4, 0.5) is 8.78 Å². The van der Waals surface area contributed by atoms with Crippen molar-refractivity contribution < 1.29 is 23.1 Å². The van der Waals surface area contributed by atoms with Gasteiger partial charge in [-0.15, -0.1) is 0 Å². The first-order valence-electron chi connectivity index (χ1n) is 10.9. The molecule has 0 heterocycles. The maximum absolute atomic E-state index is 13.3. The van der Waals surface area contributed by atoms with Gasteiger partial charge in [0.05, 0.1) is 0 Å². The molecule has 0 aliphatic rings. The maximum atomic E-state index is 13.3. The second-order valence-corrected chi connectivity index (χ2v) is 7.74. The van der Waals surface area contributed by atoms with Gasteiger partial charge < -0.3 is 15.4 Å². The number of hydrogen-bond acceptors (Lipinski definition) is 3. The SMILES string of the molecule is O=C(NC(NC(=O)c1ccc(F)cc1)c1cccc(OCc2ccccc2)c1)c1ccc(F)cc1. The standard InChI is InChI=1S/C28H22F2N2O3/c29-23-13-9-20(10-14-23)27(33)31-26(32-28(34)21-11-15-24(30)16-12-21)22-7-4-8-25(17-22)35-18-19-5-2-1-3-6-19/h1-17,26H,18H2,(H,31,33)(H,32,34). The highest BCUT2D eigenvalue weighted by Crippen LogP contribution is 2.20. The minimum atomic E-state index is -0.939. The molecule has 0 aliphatic carbocycles. The fourth-order valence-corrected chi connectivity index (χ4v) is 3.36. The number of halogens is 2. The molecule has 2 N–H and O–H groups in total. The summed E-state index contributed by atoms with van der Waals surface area (Å²) in [7, 11) is 0. The van der Waals surface area contributed by atoms with Gasteiger partial charge in [-0.2, -0.15) is 0 Å². The summed E-state index contributed by atoms with van der Waals surface area (Å²) in [6, 6.07) is 26.7. The highest BCUT2D eigenvalue weighted by molar-refractivity contribution is 5.96. The molecule has 4 rings (SSSR count). The summed E-state index contributed by atoms with van der Waals surface area (Å²) >= 11 is 0. The van der Waals surface area contributed by atoms with E-state index in [0.29, 0.717) is 17.9 Å². The zero-order chi connectivity index (χ0) is 24.6. The van der Waals surface area contributed by atoms with E-state index in [1.807, 2.05) is 30.3 Å². The van der Waals surface area contributed by atoms with E-state index < -0.39 is 29.6 Å². The van der Waals surface area contributed by atoms with Gasteiger partial charge in [-0.25, -0.2) is 8.78 Å². The lowest BCUT2D eigenvalue weighted by atomic mass is 10.1. The third-order valence-electron chi connectivity index (χ3n) is 5.20. The van der Waals surface area contributed by atoms with Crippen molar-refractivity contribution in [1.82, 2.24) is 10.6 Å². The average Bonchev–Trinajstić information content (AvgIpc) is 2.88. The largest absolute Gasteiger partial charge is 0.489 e. The van der Waals surface area contributed by atoms with Crippen LogP contribution >= 0.6 is 0 Å². The zero-order valence-electron chi connectivity index (χ0n) is 18.6. The average molecular weight is 472 g/mol. The molecular weight excluding hydrogens is 450 g/mol. The van der Waals surface area contributed by atoms with Crippen molar-refractivity contribution in [2.75, 3.05) is 0 Å². The van der Waals surface area contributed by atoms with Crippen LogP contribution in [0.5, 0.6) is 5.75 Å². The quantitative estimate of drug-likeness (QED) is 0.338. The summed E-state index contributed by atoms with van der Waals surface area (Å²) in [4.78, 5) is 25.7. The predicted molar refractivity (Wildman–Crippen MR) is 128 cm³/mol. The summed E-state index contributed by atoms with van der Waals surface area (Å²) < 4.78 is 32.4. The van der Waals surface area contributed by atoms with Gasteiger partial charge in [0, 0.05) is 11.1 Å². The summed E-state index contributed by atoms with van der Waals surface area (Å²) in [5.41, 5.74) is 2.00. The molecule has 0 saturated carbocycles. The molecule has 176 valence electrons. The van der Waals surface area contributed by atoms with Crippen molar-refractivity contribution in [2.45, 2.75) is 12.8 Å². The molecule has 0 aromatic heterocycles. The van der Waals surface area contributed by atoms with Gasteiger partial charge >= 0.3 is 0 Å². The highest BCUT2D eigenvalue weighted by atomic mass is 19.1. The number of ether oxygens (including phenoxy) is 1. The van der Waals surface area contributed by atoms with Crippen LogP contribution in [0.1, 0.15) is 38.0 Å². The van der Waals surface area contributed by atoms with Gasteiger partial charge in [-0.1, -0.05) is 42.5 Å². The first-order valence-corrected chi connectivity index (χ1v) is 10.9. The van der Waals surface area contributed by atoms with Gasteiger partial charge in [0.25, 0.3) is 11.8 Å². The number of amides is 2. The van der Waals surface area contributed by atoms with Crippen LogP contribution in [0.15, 0.2) is 103 Å². The Kier molecular flexibility index (Phi) is 7.47. The van der Waals surface area contributed by atoms with Crippen molar-refractivity contribution in [2.24, 2.45) is 0 Å². The van der Waals surface area contributed by atoms with E-state index in [-0.39, 0.29) is 11.1 Å². The number of carbonyl (C=O) groups is 2. The molecule has 0 fully saturated rings. The molecule has 0 radical (unpaired) electrons. The fraction of sp³-hybridized carbons (Fsp3) is 0.0714. The van der Waals surface area contributed by atoms with Gasteiger partial charge in [-0.3, -0.25) is 9.59 Å². The minimum Gasteiger partial charge on any atom is -0.489 e. The monoisotopic (exact) mass is 472 g/mol. The van der Waals surface area contributed by atoms with Crippen LogP contribution in [0.2, 0.25) is 0 Å². The molecule has 0 aliphatic heterocycles. The van der Waals surface area contributed by atoms with E-state index in [2.05, 4.69) is 10.6 Å². The van der Waals surface area contributed by atoms with Crippen LogP contribution < -0.4 is 15.4 Å². The molecular formula is C28H22F2N2O3. The summed E-state index contributed by atoms with van der Waals surface area (Å²) in [5, 5.41) is 5.52. The summed E-state index contributed by atoms with van der Waals surface area (Å²) in [5.74, 6) is -1.41. The van der Waals surface area contributed by atoms with Gasteiger partial charge in [-0.05, 0) is 71.8 Å². The molecule has 0 spiro atoms. The number of rotatable bonds is 8. The maximum Gasteiger partial charge on any atom is 0.253 e. The fourth-order valence-electron chi connectivity index (χ4n) is 3.36. The molecule has 0 bridgehead atoms. The second-order valence-electron chi connectivity index (χ2n) is 7.74. The Morgan fingerprint density at radius 1 is 0.686 bits per heavy atom. The van der Waals surface area contributed by atoms with Gasteiger partial charge in [0.2, 0.25) is 0 Å². The van der Waals surface area contributed by atoms with E-state index in [4.69, 9.17) is 4.74 Å². The summed E-state index contributed by atoms with van der Waals surface area (Å²) in [6.07, 6.45) is -0.939. The topological polar surface area (TPSA) is 67.4 Å². The Morgan fingerprint density at radius 2 is 1.23 bits per heavy atom. The molecule has 0 atom stereocenters. The van der Waals surface area contributed by atoms with E-state index in [1.165, 1.54) is 48.5 Å². The Morgan fingerprint density at radius 3 is 1.77 bits per heavy atom. The number of benzene rings is 4. The molecule has 35 heavy (non-hydrogen) atoms. The first kappa shape index (κ1) is 23.6. The molecule has 4 aromatic carbocycles. The zero-order valence-corrected chi connectivity index (χ0v) is 18.6. The van der Waals surface area contributed by atoms with E-state index in [1.54, 1.807) is 24.3 Å². The Hall–Kier alpha value is -4.52. The smallest absolute Gasteiger partial charge is 0.253 e. The first-order chi connectivity index (χ1) is 17.0. The van der Waals surface area contributed by atoms with Crippen molar-refractivity contribution in [3.63, 3.8) is 0 Å². The van der Waals surface area contributed by atoms with Crippen LogP contribution in [0, 0.1) is 11.6 Å². The molecule has 7 heteroatoms. The van der Waals surface area contributed by atoms with Crippen molar-refractivity contribution in [3.8, 4) is 5.75 Å². The van der Waals surface area contributed by atoms with Crippen LogP contribution in [0.3, 0.4) is 0 Å². The van der Waals surface area contributed by atoms with Crippen molar-refractivity contribution in [3.05, 3.63) is 137 Å². The number of hydrogen-bond donors (Lipinski definition) is 2. The van der Waals surface area contributed by atoms with Crippen LogP contribution in [0.25, 0.3) is 0 Å². The van der Waals surface area contributed by atoms with Gasteiger partial charge in [0.15, 0.2) is 0 Å². The highest BCUT2D eigenvalue weighted by Gasteiger charge is 2.20. The van der Waals surface area contributed by atoms with E-state index in [9.17, 15) is 18.4 Å². The van der Waals surface area contributed by atoms with Crippen molar-refractivity contribution >= 4 is 11.8 Å². The Bertz CT molecular complexity index is 1230. The lowest BCUT2D eigenvalue weighted by Gasteiger charge is -2.22. The normalized spacial score (nSPS) is 10.6. The lowest BCUT2D eigenvalue weighted by molar-refractivity contribution is 0.0883. The van der Waals surface area contributed by atoms with E-state index >= 15 is 0 Å². The van der Waals surface area contributed by atoms with Crippen LogP contribution in [-0.2, 0) is 6.61 Å². The van der Waals surface area contributed by atoms with Crippen LogP contribution in [-0.4, -0.2) is 11.8 Å². The predicted octanol–water partition coefficient (Wildman–Crippen LogP) is 5.40. The third-order valence-corrected chi connectivity index (χ3v) is 5.20. The van der Waals surface area contributed by atoms with Gasteiger partial charge in [0.1, 0.15) is 30.2 Å². The minimum absolute atomic E-state index is 0.226. The lowest BCUT2D eigenvalue weighted by Crippen LogP contribution is -2.41. The summed E-state index contributed by atoms with van der Waals surface area (Å²) in [6.45, 7) is 0.346. The second kappa shape index (κ2) is 11.1. The van der Waals surface area contributed by atoms with Crippen molar-refractivity contribution in [1.29, 1.82) is 0 Å². The molecule has 0 saturated heterocycles. The molecule has 5 nitrogen and oxygen atoms in total. The molecule has 4 aromatic rings. The Balaban J connectivity index is 1.56.